The smallest absolute Gasteiger partial charge is 0.344 e. The second-order valence-corrected chi connectivity index (χ2v) is 6.11. The molecule has 2 amide bonds. The first-order chi connectivity index (χ1) is 9.68. The van der Waals surface area contributed by atoms with Crippen molar-refractivity contribution in [3.05, 3.63) is 17.5 Å². The Morgan fingerprint density at radius 1 is 1.55 bits per heavy atom. The standard InChI is InChI=1S/C14H19N3O3/c1-3-9-6-10(15-20-9)11-7-14(4-5-14)12-8-16(11)13(18)17(12)19-2/h6,11-12H,3-5,7-8H2,1-2H3. The molecule has 2 bridgehead atoms. The van der Waals surface area contributed by atoms with Crippen molar-refractivity contribution in [1.82, 2.24) is 15.1 Å². The topological polar surface area (TPSA) is 58.8 Å². The number of carbonyl (C=O) groups excluding carboxylic acids is 1. The molecule has 2 atom stereocenters. The van der Waals surface area contributed by atoms with Gasteiger partial charge in [-0.25, -0.2) is 4.79 Å². The zero-order valence-electron chi connectivity index (χ0n) is 11.8. The van der Waals surface area contributed by atoms with E-state index in [1.54, 1.807) is 12.2 Å². The van der Waals surface area contributed by atoms with Crippen molar-refractivity contribution in [3.63, 3.8) is 0 Å². The Kier molecular flexibility index (Phi) is 2.42. The highest BCUT2D eigenvalue weighted by Crippen LogP contribution is 2.61. The lowest BCUT2D eigenvalue weighted by atomic mass is 9.84. The maximum atomic E-state index is 12.5. The van der Waals surface area contributed by atoms with E-state index >= 15 is 0 Å². The molecule has 1 saturated carbocycles. The van der Waals surface area contributed by atoms with Crippen molar-refractivity contribution in [3.8, 4) is 0 Å². The number of rotatable bonds is 3. The van der Waals surface area contributed by atoms with Gasteiger partial charge in [-0.2, -0.15) is 5.06 Å². The normalized spacial score (nSPS) is 30.4. The molecule has 1 aliphatic carbocycles. The molecule has 3 fully saturated rings. The van der Waals surface area contributed by atoms with Crippen LogP contribution < -0.4 is 0 Å². The Hall–Kier alpha value is -1.56. The summed E-state index contributed by atoms with van der Waals surface area (Å²) in [6.45, 7) is 2.78. The Balaban J connectivity index is 1.69. The molecule has 3 heterocycles. The number of aromatic nitrogens is 1. The summed E-state index contributed by atoms with van der Waals surface area (Å²) < 4.78 is 5.32. The van der Waals surface area contributed by atoms with Crippen molar-refractivity contribution < 1.29 is 14.2 Å². The first-order valence-electron chi connectivity index (χ1n) is 7.28. The highest BCUT2D eigenvalue weighted by atomic mass is 16.7. The molecule has 6 nitrogen and oxygen atoms in total. The van der Waals surface area contributed by atoms with Crippen LogP contribution in [-0.4, -0.2) is 40.8 Å². The molecular formula is C14H19N3O3. The summed E-state index contributed by atoms with van der Waals surface area (Å²) in [6, 6.07) is 2.19. The van der Waals surface area contributed by atoms with Gasteiger partial charge in [-0.1, -0.05) is 12.1 Å². The molecule has 1 spiro atoms. The van der Waals surface area contributed by atoms with Crippen LogP contribution in [0.5, 0.6) is 0 Å². The minimum absolute atomic E-state index is 0.0328. The Morgan fingerprint density at radius 2 is 2.35 bits per heavy atom. The van der Waals surface area contributed by atoms with Gasteiger partial charge in [-0.05, 0) is 24.7 Å². The molecule has 2 unspecified atom stereocenters. The highest BCUT2D eigenvalue weighted by molar-refractivity contribution is 5.77. The lowest BCUT2D eigenvalue weighted by molar-refractivity contribution is -0.115. The largest absolute Gasteiger partial charge is 0.361 e. The quantitative estimate of drug-likeness (QED) is 0.849. The molecule has 2 aliphatic heterocycles. The van der Waals surface area contributed by atoms with E-state index < -0.39 is 0 Å². The SMILES string of the molecule is CCc1cc(C2CC3(CC3)C3CN2C(=O)N3OC)no1. The van der Waals surface area contributed by atoms with Gasteiger partial charge in [0.05, 0.1) is 19.2 Å². The molecular weight excluding hydrogens is 258 g/mol. The Morgan fingerprint density at radius 3 is 2.95 bits per heavy atom. The average Bonchev–Trinajstić information content (AvgIpc) is 2.97. The van der Waals surface area contributed by atoms with E-state index in [0.717, 1.165) is 30.8 Å². The molecule has 2 saturated heterocycles. The molecule has 4 rings (SSSR count). The van der Waals surface area contributed by atoms with Crippen LogP contribution in [0.1, 0.15) is 43.7 Å². The molecule has 0 N–H and O–H groups in total. The van der Waals surface area contributed by atoms with Gasteiger partial charge in [0.2, 0.25) is 0 Å². The number of fused-ring (bicyclic) bond motifs is 3. The summed E-state index contributed by atoms with van der Waals surface area (Å²) >= 11 is 0. The number of urea groups is 1. The van der Waals surface area contributed by atoms with E-state index in [-0.39, 0.29) is 23.5 Å². The van der Waals surface area contributed by atoms with Crippen LogP contribution in [0.3, 0.4) is 0 Å². The number of carbonyl (C=O) groups is 1. The first-order valence-corrected chi connectivity index (χ1v) is 7.28. The lowest BCUT2D eigenvalue weighted by Crippen LogP contribution is -2.42. The number of hydrogen-bond acceptors (Lipinski definition) is 4. The average molecular weight is 277 g/mol. The summed E-state index contributed by atoms with van der Waals surface area (Å²) in [7, 11) is 1.58. The van der Waals surface area contributed by atoms with Crippen molar-refractivity contribution >= 4 is 6.03 Å². The number of aryl methyl sites for hydroxylation is 1. The Labute approximate surface area is 117 Å². The third-order valence-corrected chi connectivity index (χ3v) is 5.13. The summed E-state index contributed by atoms with van der Waals surface area (Å²) in [5.41, 5.74) is 1.12. The van der Waals surface area contributed by atoms with E-state index in [4.69, 9.17) is 9.36 Å². The van der Waals surface area contributed by atoms with Gasteiger partial charge in [0.25, 0.3) is 0 Å². The van der Waals surface area contributed by atoms with Crippen LogP contribution in [0.25, 0.3) is 0 Å². The van der Waals surface area contributed by atoms with Crippen molar-refractivity contribution in [1.29, 1.82) is 0 Å². The van der Waals surface area contributed by atoms with Crippen LogP contribution in [0.4, 0.5) is 4.79 Å². The molecule has 0 radical (unpaired) electrons. The highest BCUT2D eigenvalue weighted by Gasteiger charge is 2.63. The van der Waals surface area contributed by atoms with Crippen LogP contribution in [0.2, 0.25) is 0 Å². The third-order valence-electron chi connectivity index (χ3n) is 5.13. The number of hydrogen-bond donors (Lipinski definition) is 0. The molecule has 0 aromatic carbocycles. The summed E-state index contributed by atoms with van der Waals surface area (Å²) in [5, 5.41) is 5.74. The van der Waals surface area contributed by atoms with E-state index in [1.807, 2.05) is 17.9 Å². The summed E-state index contributed by atoms with van der Waals surface area (Å²) in [5.74, 6) is 0.877. The van der Waals surface area contributed by atoms with Gasteiger partial charge in [0, 0.05) is 19.0 Å². The third kappa shape index (κ3) is 1.48. The molecule has 108 valence electrons. The van der Waals surface area contributed by atoms with Crippen molar-refractivity contribution in [2.45, 2.75) is 44.7 Å². The van der Waals surface area contributed by atoms with E-state index in [1.165, 1.54) is 12.8 Å². The van der Waals surface area contributed by atoms with E-state index in [0.29, 0.717) is 0 Å². The number of piperidine rings is 1. The van der Waals surface area contributed by atoms with E-state index in [9.17, 15) is 4.79 Å². The minimum atomic E-state index is -0.0349. The predicted molar refractivity (Wildman–Crippen MR) is 69.6 cm³/mol. The second-order valence-electron chi connectivity index (χ2n) is 6.11. The molecule has 1 aromatic rings. The Bertz CT molecular complexity index is 552. The fourth-order valence-corrected chi connectivity index (χ4v) is 3.75. The summed E-state index contributed by atoms with van der Waals surface area (Å²) in [4.78, 5) is 19.7. The minimum Gasteiger partial charge on any atom is -0.361 e. The van der Waals surface area contributed by atoms with Crippen LogP contribution in [0, 0.1) is 5.41 Å². The van der Waals surface area contributed by atoms with Crippen LogP contribution in [0.15, 0.2) is 10.6 Å². The second kappa shape index (κ2) is 3.97. The van der Waals surface area contributed by atoms with Gasteiger partial charge < -0.3 is 9.42 Å². The molecule has 6 heteroatoms. The number of hydroxylamine groups is 2. The van der Waals surface area contributed by atoms with Crippen molar-refractivity contribution in [2.75, 3.05) is 13.7 Å². The van der Waals surface area contributed by atoms with Crippen LogP contribution in [-0.2, 0) is 11.3 Å². The maximum Gasteiger partial charge on any atom is 0.344 e. The van der Waals surface area contributed by atoms with Gasteiger partial charge in [0.1, 0.15) is 11.5 Å². The molecule has 20 heavy (non-hydrogen) atoms. The van der Waals surface area contributed by atoms with Gasteiger partial charge in [0.15, 0.2) is 0 Å². The predicted octanol–water partition coefficient (Wildman–Crippen LogP) is 2.13. The zero-order valence-corrected chi connectivity index (χ0v) is 11.8. The van der Waals surface area contributed by atoms with E-state index in [2.05, 4.69) is 5.16 Å². The number of amides is 2. The fourth-order valence-electron chi connectivity index (χ4n) is 3.75. The number of nitrogens with zero attached hydrogens (tertiary/aromatic N) is 3. The molecule has 1 aromatic heterocycles. The maximum absolute atomic E-state index is 12.5. The monoisotopic (exact) mass is 277 g/mol. The summed E-state index contributed by atoms with van der Waals surface area (Å²) in [6.07, 6.45) is 4.14. The lowest BCUT2D eigenvalue weighted by Gasteiger charge is -2.35. The first kappa shape index (κ1) is 12.2. The molecule has 3 aliphatic rings. The fraction of sp³-hybridized carbons (Fsp3) is 0.714. The zero-order chi connectivity index (χ0) is 13.9. The van der Waals surface area contributed by atoms with Crippen LogP contribution >= 0.6 is 0 Å². The van der Waals surface area contributed by atoms with Crippen molar-refractivity contribution in [2.24, 2.45) is 5.41 Å². The van der Waals surface area contributed by atoms with Gasteiger partial charge in [-0.3, -0.25) is 4.84 Å². The van der Waals surface area contributed by atoms with Gasteiger partial charge >= 0.3 is 6.03 Å². The van der Waals surface area contributed by atoms with Gasteiger partial charge in [-0.15, -0.1) is 0 Å².